The minimum atomic E-state index is 0.277. The van der Waals surface area contributed by atoms with E-state index in [2.05, 4.69) is 44.3 Å². The maximum atomic E-state index is 8.78. The second-order valence-electron chi connectivity index (χ2n) is 4.36. The van der Waals surface area contributed by atoms with Crippen LogP contribution in [-0.4, -0.2) is 24.0 Å². The molecule has 0 aliphatic carbocycles. The van der Waals surface area contributed by atoms with Gasteiger partial charge in [0.2, 0.25) is 0 Å². The summed E-state index contributed by atoms with van der Waals surface area (Å²) in [6.45, 7) is 7.79. The standard InChI is InChI=1S/C14H23NOS/c1-4-15-14-7-6-12(17-9-5-8-16)10-13(14)11(2)3/h6-7,10-11,15-16H,4-5,8-9H2,1-3H3. The summed E-state index contributed by atoms with van der Waals surface area (Å²) in [5.41, 5.74) is 2.62. The molecule has 0 heterocycles. The van der Waals surface area contributed by atoms with E-state index in [-0.39, 0.29) is 6.61 Å². The molecule has 1 aromatic carbocycles. The summed E-state index contributed by atoms with van der Waals surface area (Å²) in [5, 5.41) is 12.2. The second-order valence-corrected chi connectivity index (χ2v) is 5.53. The molecule has 0 bridgehead atoms. The van der Waals surface area contributed by atoms with Gasteiger partial charge in [0, 0.05) is 29.5 Å². The third-order valence-corrected chi connectivity index (χ3v) is 3.66. The van der Waals surface area contributed by atoms with Gasteiger partial charge in [0.1, 0.15) is 0 Å². The first-order chi connectivity index (χ1) is 8.19. The van der Waals surface area contributed by atoms with Crippen LogP contribution in [0, 0.1) is 0 Å². The molecule has 1 aromatic rings. The van der Waals surface area contributed by atoms with Crippen molar-refractivity contribution >= 4 is 17.4 Å². The van der Waals surface area contributed by atoms with Crippen LogP contribution in [-0.2, 0) is 0 Å². The molecular weight excluding hydrogens is 230 g/mol. The minimum absolute atomic E-state index is 0.277. The molecule has 0 atom stereocenters. The molecule has 2 N–H and O–H groups in total. The van der Waals surface area contributed by atoms with E-state index in [0.29, 0.717) is 5.92 Å². The third-order valence-electron chi connectivity index (χ3n) is 2.58. The van der Waals surface area contributed by atoms with Crippen molar-refractivity contribution in [1.29, 1.82) is 0 Å². The molecule has 0 amide bonds. The van der Waals surface area contributed by atoms with Crippen molar-refractivity contribution in [3.05, 3.63) is 23.8 Å². The van der Waals surface area contributed by atoms with Crippen molar-refractivity contribution in [2.24, 2.45) is 0 Å². The van der Waals surface area contributed by atoms with Crippen LogP contribution in [0.3, 0.4) is 0 Å². The molecule has 0 aromatic heterocycles. The van der Waals surface area contributed by atoms with Crippen molar-refractivity contribution in [2.75, 3.05) is 24.2 Å². The van der Waals surface area contributed by atoms with Gasteiger partial charge in [-0.15, -0.1) is 11.8 Å². The largest absolute Gasteiger partial charge is 0.396 e. The summed E-state index contributed by atoms with van der Waals surface area (Å²) in [6.07, 6.45) is 0.858. The summed E-state index contributed by atoms with van der Waals surface area (Å²) in [6, 6.07) is 6.59. The fourth-order valence-corrected chi connectivity index (χ4v) is 2.60. The van der Waals surface area contributed by atoms with E-state index in [4.69, 9.17) is 5.11 Å². The summed E-state index contributed by atoms with van der Waals surface area (Å²) in [4.78, 5) is 1.30. The van der Waals surface area contributed by atoms with Crippen LogP contribution in [0.4, 0.5) is 5.69 Å². The van der Waals surface area contributed by atoms with E-state index in [1.54, 1.807) is 0 Å². The fraction of sp³-hybridized carbons (Fsp3) is 0.571. The van der Waals surface area contributed by atoms with Crippen molar-refractivity contribution in [3.63, 3.8) is 0 Å². The Labute approximate surface area is 109 Å². The molecule has 96 valence electrons. The van der Waals surface area contributed by atoms with E-state index < -0.39 is 0 Å². The van der Waals surface area contributed by atoms with E-state index >= 15 is 0 Å². The second kappa shape index (κ2) is 7.62. The highest BCUT2D eigenvalue weighted by molar-refractivity contribution is 7.99. The van der Waals surface area contributed by atoms with Gasteiger partial charge in [-0.1, -0.05) is 13.8 Å². The number of hydrogen-bond acceptors (Lipinski definition) is 3. The van der Waals surface area contributed by atoms with Gasteiger partial charge < -0.3 is 10.4 Å². The first-order valence-corrected chi connectivity index (χ1v) is 7.29. The lowest BCUT2D eigenvalue weighted by molar-refractivity contribution is 0.296. The van der Waals surface area contributed by atoms with E-state index in [1.807, 2.05) is 11.8 Å². The van der Waals surface area contributed by atoms with Gasteiger partial charge in [0.25, 0.3) is 0 Å². The molecule has 0 fully saturated rings. The van der Waals surface area contributed by atoms with Crippen LogP contribution in [0.25, 0.3) is 0 Å². The predicted octanol–water partition coefficient (Wildman–Crippen LogP) is 3.72. The van der Waals surface area contributed by atoms with E-state index in [1.165, 1.54) is 16.1 Å². The Morgan fingerprint density at radius 3 is 2.71 bits per heavy atom. The lowest BCUT2D eigenvalue weighted by atomic mass is 10.0. The lowest BCUT2D eigenvalue weighted by Crippen LogP contribution is -2.02. The molecule has 1 rings (SSSR count). The van der Waals surface area contributed by atoms with E-state index in [0.717, 1.165) is 18.7 Å². The molecule has 0 saturated carbocycles. The molecule has 2 nitrogen and oxygen atoms in total. The summed E-state index contributed by atoms with van der Waals surface area (Å²) >= 11 is 1.82. The molecule has 0 aliphatic rings. The fourth-order valence-electron chi connectivity index (χ4n) is 1.71. The molecular formula is C14H23NOS. The Balaban J connectivity index is 2.78. The highest BCUT2D eigenvalue weighted by atomic mass is 32.2. The maximum Gasteiger partial charge on any atom is 0.0439 e. The normalized spacial score (nSPS) is 10.9. The number of anilines is 1. The van der Waals surface area contributed by atoms with Crippen molar-refractivity contribution in [1.82, 2.24) is 0 Å². The van der Waals surface area contributed by atoms with Crippen LogP contribution in [0.1, 0.15) is 38.7 Å². The first kappa shape index (κ1) is 14.4. The number of thioether (sulfide) groups is 1. The molecule has 3 heteroatoms. The Hall–Kier alpha value is -0.670. The summed E-state index contributed by atoms with van der Waals surface area (Å²) in [7, 11) is 0. The van der Waals surface area contributed by atoms with Gasteiger partial charge >= 0.3 is 0 Å². The Morgan fingerprint density at radius 2 is 2.12 bits per heavy atom. The first-order valence-electron chi connectivity index (χ1n) is 6.30. The number of aliphatic hydroxyl groups excluding tert-OH is 1. The zero-order chi connectivity index (χ0) is 12.7. The Kier molecular flexibility index (Phi) is 6.45. The topological polar surface area (TPSA) is 32.3 Å². The average Bonchev–Trinajstić information content (AvgIpc) is 2.31. The highest BCUT2D eigenvalue weighted by Crippen LogP contribution is 2.29. The SMILES string of the molecule is CCNc1ccc(SCCCO)cc1C(C)C. The lowest BCUT2D eigenvalue weighted by Gasteiger charge is -2.15. The monoisotopic (exact) mass is 253 g/mol. The maximum absolute atomic E-state index is 8.78. The van der Waals surface area contributed by atoms with E-state index in [9.17, 15) is 0 Å². The summed E-state index contributed by atoms with van der Waals surface area (Å²) < 4.78 is 0. The van der Waals surface area contributed by atoms with Crippen molar-refractivity contribution in [2.45, 2.75) is 38.0 Å². The van der Waals surface area contributed by atoms with Gasteiger partial charge in [-0.3, -0.25) is 0 Å². The molecule has 0 aliphatic heterocycles. The minimum Gasteiger partial charge on any atom is -0.396 e. The van der Waals surface area contributed by atoms with Crippen LogP contribution in [0.5, 0.6) is 0 Å². The quantitative estimate of drug-likeness (QED) is 0.574. The molecule has 17 heavy (non-hydrogen) atoms. The van der Waals surface area contributed by atoms with Gasteiger partial charge in [0.05, 0.1) is 0 Å². The number of benzene rings is 1. The van der Waals surface area contributed by atoms with Crippen molar-refractivity contribution in [3.8, 4) is 0 Å². The zero-order valence-corrected chi connectivity index (χ0v) is 11.8. The number of rotatable bonds is 7. The van der Waals surface area contributed by atoms with Crippen LogP contribution in [0.15, 0.2) is 23.1 Å². The molecule has 0 unspecified atom stereocenters. The van der Waals surface area contributed by atoms with Crippen molar-refractivity contribution < 1.29 is 5.11 Å². The smallest absolute Gasteiger partial charge is 0.0439 e. The van der Waals surface area contributed by atoms with Gasteiger partial charge in [-0.05, 0) is 43.0 Å². The Morgan fingerprint density at radius 1 is 1.35 bits per heavy atom. The predicted molar refractivity (Wildman–Crippen MR) is 77.1 cm³/mol. The number of nitrogens with one attached hydrogen (secondary N) is 1. The average molecular weight is 253 g/mol. The van der Waals surface area contributed by atoms with Crippen LogP contribution in [0.2, 0.25) is 0 Å². The van der Waals surface area contributed by atoms with Gasteiger partial charge in [-0.2, -0.15) is 0 Å². The van der Waals surface area contributed by atoms with Gasteiger partial charge in [0.15, 0.2) is 0 Å². The van der Waals surface area contributed by atoms with Crippen LogP contribution < -0.4 is 5.32 Å². The van der Waals surface area contributed by atoms with Gasteiger partial charge in [-0.25, -0.2) is 0 Å². The zero-order valence-electron chi connectivity index (χ0n) is 11.0. The Bertz CT molecular complexity index is 339. The highest BCUT2D eigenvalue weighted by Gasteiger charge is 2.07. The van der Waals surface area contributed by atoms with Crippen LogP contribution >= 0.6 is 11.8 Å². The molecule has 0 radical (unpaired) electrons. The molecule has 0 spiro atoms. The summed E-state index contributed by atoms with van der Waals surface area (Å²) in [5.74, 6) is 1.51. The third kappa shape index (κ3) is 4.60. The number of aliphatic hydroxyl groups is 1. The molecule has 0 saturated heterocycles. The number of hydrogen-bond donors (Lipinski definition) is 2.